The van der Waals surface area contributed by atoms with Crippen LogP contribution < -0.4 is 0 Å². The number of hydrogen-bond acceptors (Lipinski definition) is 5. The Hall–Kier alpha value is -1.01. The Bertz CT molecular complexity index is 563. The quantitative estimate of drug-likeness (QED) is 0.461. The van der Waals surface area contributed by atoms with Crippen LogP contribution in [0.1, 0.15) is 39.2 Å². The maximum absolute atomic E-state index is 12.2. The second-order valence-corrected chi connectivity index (χ2v) is 8.22. The van der Waals surface area contributed by atoms with E-state index in [1.807, 2.05) is 32.6 Å². The Balaban J connectivity index is 1.86. The normalized spacial score (nSPS) is 18.8. The van der Waals surface area contributed by atoms with Gasteiger partial charge in [-0.3, -0.25) is 0 Å². The summed E-state index contributed by atoms with van der Waals surface area (Å²) in [6.45, 7) is 9.04. The molecule has 7 heteroatoms. The lowest BCUT2D eigenvalue weighted by atomic mass is 10.0. The average molecular weight is 358 g/mol. The lowest BCUT2D eigenvalue weighted by Crippen LogP contribution is -2.43. The van der Waals surface area contributed by atoms with Crippen molar-refractivity contribution in [1.29, 1.82) is 0 Å². The highest BCUT2D eigenvalue weighted by Gasteiger charge is 2.27. The van der Waals surface area contributed by atoms with Gasteiger partial charge in [0, 0.05) is 30.6 Å². The summed E-state index contributed by atoms with van der Waals surface area (Å²) in [6, 6.07) is 0. The maximum atomic E-state index is 12.2. The van der Waals surface area contributed by atoms with Crippen LogP contribution in [0.25, 0.3) is 0 Å². The van der Waals surface area contributed by atoms with Gasteiger partial charge in [0.25, 0.3) is 0 Å². The molecule has 0 spiro atoms. The molecule has 128 valence electrons. The molecule has 5 nitrogen and oxygen atoms in total. The van der Waals surface area contributed by atoms with E-state index in [4.69, 9.17) is 16.3 Å². The van der Waals surface area contributed by atoms with Crippen LogP contribution in [0.2, 0.25) is 5.15 Å². The van der Waals surface area contributed by atoms with E-state index in [0.717, 1.165) is 37.2 Å². The molecule has 1 atom stereocenters. The number of rotatable bonds is 3. The van der Waals surface area contributed by atoms with Crippen LogP contribution in [0.15, 0.2) is 11.4 Å². The SMILES string of the molecule is Cc1cnc(SC[C@@H]2CCCN(C(=O)OC(C)(C)C)C2)nc1Cl. The van der Waals surface area contributed by atoms with E-state index in [1.165, 1.54) is 0 Å². The molecule has 0 aromatic carbocycles. The van der Waals surface area contributed by atoms with Crippen LogP contribution in [0.5, 0.6) is 0 Å². The summed E-state index contributed by atoms with van der Waals surface area (Å²) >= 11 is 7.62. The second kappa shape index (κ2) is 7.71. The fourth-order valence-electron chi connectivity index (χ4n) is 2.36. The van der Waals surface area contributed by atoms with Crippen LogP contribution in [0, 0.1) is 12.8 Å². The third-order valence-electron chi connectivity index (χ3n) is 3.51. The molecule has 1 aromatic heterocycles. The zero-order valence-electron chi connectivity index (χ0n) is 14.1. The standard InChI is InChI=1S/C16H24ClN3O2S/c1-11-8-18-14(19-13(11)17)23-10-12-6-5-7-20(9-12)15(21)22-16(2,3)4/h8,12H,5-7,9-10H2,1-4H3/t12-/m1/s1. The molecule has 23 heavy (non-hydrogen) atoms. The molecule has 2 heterocycles. The number of nitrogens with zero attached hydrogens (tertiary/aromatic N) is 3. The van der Waals surface area contributed by atoms with Crippen LogP contribution in [-0.2, 0) is 4.74 Å². The number of hydrogen-bond donors (Lipinski definition) is 0. The van der Waals surface area contributed by atoms with Gasteiger partial charge in [-0.1, -0.05) is 23.4 Å². The van der Waals surface area contributed by atoms with Crippen LogP contribution >= 0.6 is 23.4 Å². The highest BCUT2D eigenvalue weighted by atomic mass is 35.5. The number of aryl methyl sites for hydroxylation is 1. The van der Waals surface area contributed by atoms with Gasteiger partial charge in [0.15, 0.2) is 5.16 Å². The van der Waals surface area contributed by atoms with Crippen molar-refractivity contribution in [3.05, 3.63) is 16.9 Å². The molecular weight excluding hydrogens is 334 g/mol. The molecule has 1 saturated heterocycles. The molecule has 1 amide bonds. The molecule has 0 saturated carbocycles. The summed E-state index contributed by atoms with van der Waals surface area (Å²) in [6.07, 6.45) is 3.62. The number of halogens is 1. The van der Waals surface area contributed by atoms with E-state index >= 15 is 0 Å². The van der Waals surface area contributed by atoms with Crippen LogP contribution in [-0.4, -0.2) is 45.4 Å². The first kappa shape index (κ1) is 18.3. The summed E-state index contributed by atoms with van der Waals surface area (Å²) in [5.74, 6) is 1.29. The fraction of sp³-hybridized carbons (Fsp3) is 0.688. The van der Waals surface area contributed by atoms with Crippen molar-refractivity contribution in [2.45, 2.75) is 51.3 Å². The summed E-state index contributed by atoms with van der Waals surface area (Å²) < 4.78 is 5.46. The molecule has 1 fully saturated rings. The van der Waals surface area contributed by atoms with Gasteiger partial charge in [-0.05, 0) is 46.5 Å². The number of carbonyl (C=O) groups is 1. The molecule has 0 radical (unpaired) electrons. The van der Waals surface area contributed by atoms with Crippen molar-refractivity contribution in [1.82, 2.24) is 14.9 Å². The number of carbonyl (C=O) groups excluding carboxylic acids is 1. The average Bonchev–Trinajstić information content (AvgIpc) is 2.47. The third-order valence-corrected chi connectivity index (χ3v) is 4.98. The Morgan fingerprint density at radius 2 is 2.26 bits per heavy atom. The van der Waals surface area contributed by atoms with Gasteiger partial charge >= 0.3 is 6.09 Å². The zero-order chi connectivity index (χ0) is 17.0. The van der Waals surface area contributed by atoms with Gasteiger partial charge < -0.3 is 9.64 Å². The number of amides is 1. The number of aromatic nitrogens is 2. The van der Waals surface area contributed by atoms with Gasteiger partial charge in [0.2, 0.25) is 0 Å². The predicted octanol–water partition coefficient (Wildman–Crippen LogP) is 4.18. The van der Waals surface area contributed by atoms with Crippen molar-refractivity contribution < 1.29 is 9.53 Å². The minimum Gasteiger partial charge on any atom is -0.444 e. The van der Waals surface area contributed by atoms with E-state index in [-0.39, 0.29) is 6.09 Å². The van der Waals surface area contributed by atoms with Crippen molar-refractivity contribution in [3.63, 3.8) is 0 Å². The topological polar surface area (TPSA) is 55.3 Å². The highest BCUT2D eigenvalue weighted by molar-refractivity contribution is 7.99. The number of piperidine rings is 1. The largest absolute Gasteiger partial charge is 0.444 e. The minimum atomic E-state index is -0.453. The Morgan fingerprint density at radius 3 is 2.91 bits per heavy atom. The lowest BCUT2D eigenvalue weighted by Gasteiger charge is -2.33. The van der Waals surface area contributed by atoms with Gasteiger partial charge in [-0.15, -0.1) is 0 Å². The lowest BCUT2D eigenvalue weighted by molar-refractivity contribution is 0.0177. The molecule has 0 bridgehead atoms. The highest BCUT2D eigenvalue weighted by Crippen LogP contribution is 2.26. The molecule has 0 unspecified atom stereocenters. The van der Waals surface area contributed by atoms with E-state index in [1.54, 1.807) is 18.0 Å². The van der Waals surface area contributed by atoms with Crippen molar-refractivity contribution >= 4 is 29.5 Å². The Labute approximate surface area is 147 Å². The molecule has 1 aromatic rings. The summed E-state index contributed by atoms with van der Waals surface area (Å²) in [5.41, 5.74) is 0.426. The van der Waals surface area contributed by atoms with Gasteiger partial charge in [-0.25, -0.2) is 14.8 Å². The predicted molar refractivity (Wildman–Crippen MR) is 93.0 cm³/mol. The van der Waals surface area contributed by atoms with E-state index in [9.17, 15) is 4.79 Å². The summed E-state index contributed by atoms with van der Waals surface area (Å²) in [7, 11) is 0. The van der Waals surface area contributed by atoms with Gasteiger partial charge in [0.05, 0.1) is 0 Å². The van der Waals surface area contributed by atoms with E-state index in [0.29, 0.717) is 16.2 Å². The molecular formula is C16H24ClN3O2S. The van der Waals surface area contributed by atoms with Crippen LogP contribution in [0.3, 0.4) is 0 Å². The van der Waals surface area contributed by atoms with Gasteiger partial charge in [0.1, 0.15) is 10.8 Å². The second-order valence-electron chi connectivity index (χ2n) is 6.87. The first-order chi connectivity index (χ1) is 10.7. The van der Waals surface area contributed by atoms with Crippen LogP contribution in [0.4, 0.5) is 4.79 Å². The maximum Gasteiger partial charge on any atom is 0.410 e. The van der Waals surface area contributed by atoms with E-state index < -0.39 is 5.60 Å². The monoisotopic (exact) mass is 357 g/mol. The Kier molecular flexibility index (Phi) is 6.14. The molecule has 0 N–H and O–H groups in total. The smallest absolute Gasteiger partial charge is 0.410 e. The number of thioether (sulfide) groups is 1. The number of likely N-dealkylation sites (tertiary alicyclic amines) is 1. The molecule has 1 aliphatic heterocycles. The van der Waals surface area contributed by atoms with Crippen molar-refractivity contribution in [2.24, 2.45) is 5.92 Å². The van der Waals surface area contributed by atoms with E-state index in [2.05, 4.69) is 9.97 Å². The summed E-state index contributed by atoms with van der Waals surface area (Å²) in [5, 5.41) is 1.19. The number of ether oxygens (including phenoxy) is 1. The molecule has 1 aliphatic rings. The zero-order valence-corrected chi connectivity index (χ0v) is 15.7. The minimum absolute atomic E-state index is 0.221. The fourth-order valence-corrected chi connectivity index (χ4v) is 3.48. The summed E-state index contributed by atoms with van der Waals surface area (Å²) in [4.78, 5) is 22.5. The first-order valence-electron chi connectivity index (χ1n) is 7.84. The third kappa shape index (κ3) is 5.84. The first-order valence-corrected chi connectivity index (χ1v) is 9.21. The molecule has 0 aliphatic carbocycles. The Morgan fingerprint density at radius 1 is 1.52 bits per heavy atom. The van der Waals surface area contributed by atoms with Gasteiger partial charge in [-0.2, -0.15) is 0 Å². The molecule has 2 rings (SSSR count). The van der Waals surface area contributed by atoms with Crippen molar-refractivity contribution in [2.75, 3.05) is 18.8 Å². The van der Waals surface area contributed by atoms with Crippen molar-refractivity contribution in [3.8, 4) is 0 Å².